The summed E-state index contributed by atoms with van der Waals surface area (Å²) in [4.78, 5) is 0. The maximum Gasteiger partial charge on any atom is 0.178 e. The van der Waals surface area contributed by atoms with Gasteiger partial charge in [0, 0.05) is 22.1 Å². The molecule has 0 aliphatic carbocycles. The van der Waals surface area contributed by atoms with Crippen LogP contribution in [0.3, 0.4) is 0 Å². The molecular weight excluding hydrogens is 444 g/mol. The number of hydrogen-bond donors (Lipinski definition) is 0. The number of methoxy groups -OCH3 is 2. The van der Waals surface area contributed by atoms with Gasteiger partial charge < -0.3 is 14.2 Å². The van der Waals surface area contributed by atoms with Crippen molar-refractivity contribution in [1.82, 2.24) is 0 Å². The smallest absolute Gasteiger partial charge is 0.178 e. The lowest BCUT2D eigenvalue weighted by molar-refractivity contribution is 0.163. The second-order valence-electron chi connectivity index (χ2n) is 8.89. The number of benzene rings is 5. The monoisotopic (exact) mass is 470 g/mol. The quantitative estimate of drug-likeness (QED) is 0.262. The standard InChI is InChI=1S/C33H26O3/c1-34-27-15-13-23(14-16-27)30-21-24-19-20-33(25-9-5-3-6-10-25,26-11-7-4-8-12-26)36-32(24)31-22-28(35-2)17-18-29(30)31/h3-22H,1-2H3. The van der Waals surface area contributed by atoms with E-state index in [0.29, 0.717) is 0 Å². The van der Waals surface area contributed by atoms with Gasteiger partial charge in [0.1, 0.15) is 17.2 Å². The summed E-state index contributed by atoms with van der Waals surface area (Å²) in [5.74, 6) is 2.47. The minimum absolute atomic E-state index is 0.743. The molecule has 0 fully saturated rings. The number of fused-ring (bicyclic) bond motifs is 3. The largest absolute Gasteiger partial charge is 0.497 e. The molecule has 0 saturated carbocycles. The predicted molar refractivity (Wildman–Crippen MR) is 146 cm³/mol. The van der Waals surface area contributed by atoms with E-state index in [1.807, 2.05) is 30.3 Å². The van der Waals surface area contributed by atoms with Crippen molar-refractivity contribution >= 4 is 16.8 Å². The zero-order valence-corrected chi connectivity index (χ0v) is 20.3. The molecule has 176 valence electrons. The van der Waals surface area contributed by atoms with Crippen LogP contribution in [0.4, 0.5) is 0 Å². The molecule has 0 aromatic heterocycles. The third kappa shape index (κ3) is 3.61. The van der Waals surface area contributed by atoms with Crippen LogP contribution >= 0.6 is 0 Å². The summed E-state index contributed by atoms with van der Waals surface area (Å²) < 4.78 is 18.1. The van der Waals surface area contributed by atoms with Gasteiger partial charge in [0.05, 0.1) is 14.2 Å². The normalized spacial score (nSPS) is 13.6. The molecule has 1 heterocycles. The third-order valence-corrected chi connectivity index (χ3v) is 6.89. The fourth-order valence-electron chi connectivity index (χ4n) is 5.03. The summed E-state index contributed by atoms with van der Waals surface area (Å²) in [6.07, 6.45) is 4.36. The molecule has 5 aromatic rings. The van der Waals surface area contributed by atoms with E-state index in [-0.39, 0.29) is 0 Å². The highest BCUT2D eigenvalue weighted by Crippen LogP contribution is 2.48. The van der Waals surface area contributed by atoms with Gasteiger partial charge in [-0.2, -0.15) is 0 Å². The number of rotatable bonds is 5. The van der Waals surface area contributed by atoms with E-state index in [1.165, 1.54) is 0 Å². The van der Waals surface area contributed by atoms with E-state index in [2.05, 4.69) is 91.0 Å². The van der Waals surface area contributed by atoms with E-state index in [9.17, 15) is 0 Å². The van der Waals surface area contributed by atoms with Crippen LogP contribution in [0, 0.1) is 0 Å². The Morgan fingerprint density at radius 3 is 1.83 bits per heavy atom. The summed E-state index contributed by atoms with van der Waals surface area (Å²) in [5, 5.41) is 2.11. The van der Waals surface area contributed by atoms with E-state index in [4.69, 9.17) is 14.2 Å². The Hall–Kier alpha value is -4.50. The van der Waals surface area contributed by atoms with Crippen LogP contribution in [0.25, 0.3) is 28.0 Å². The van der Waals surface area contributed by atoms with Crippen molar-refractivity contribution in [2.45, 2.75) is 5.60 Å². The van der Waals surface area contributed by atoms with Crippen molar-refractivity contribution < 1.29 is 14.2 Å². The zero-order valence-electron chi connectivity index (χ0n) is 20.3. The zero-order chi connectivity index (χ0) is 24.5. The molecule has 3 heteroatoms. The average molecular weight is 471 g/mol. The molecule has 6 rings (SSSR count). The molecule has 0 atom stereocenters. The van der Waals surface area contributed by atoms with Gasteiger partial charge >= 0.3 is 0 Å². The van der Waals surface area contributed by atoms with Crippen LogP contribution in [0.5, 0.6) is 17.2 Å². The second kappa shape index (κ2) is 8.94. The van der Waals surface area contributed by atoms with Crippen molar-refractivity contribution in [3.05, 3.63) is 132 Å². The first kappa shape index (κ1) is 22.0. The molecule has 1 aliphatic heterocycles. The second-order valence-corrected chi connectivity index (χ2v) is 8.89. The summed E-state index contributed by atoms with van der Waals surface area (Å²) in [6, 6.07) is 37.3. The maximum atomic E-state index is 7.07. The minimum atomic E-state index is -0.743. The van der Waals surface area contributed by atoms with Crippen LogP contribution in [-0.4, -0.2) is 14.2 Å². The fraction of sp³-hybridized carbons (Fsp3) is 0.0909. The fourth-order valence-corrected chi connectivity index (χ4v) is 5.03. The van der Waals surface area contributed by atoms with Crippen LogP contribution in [-0.2, 0) is 5.60 Å². The molecule has 0 bridgehead atoms. The third-order valence-electron chi connectivity index (χ3n) is 6.89. The van der Waals surface area contributed by atoms with Crippen molar-refractivity contribution in [1.29, 1.82) is 0 Å². The van der Waals surface area contributed by atoms with Gasteiger partial charge in [-0.05, 0) is 59.0 Å². The molecule has 3 nitrogen and oxygen atoms in total. The van der Waals surface area contributed by atoms with Crippen molar-refractivity contribution in [2.24, 2.45) is 0 Å². The Kier molecular flexibility index (Phi) is 5.46. The molecule has 0 amide bonds. The molecular formula is C33H26O3. The molecule has 1 aliphatic rings. The summed E-state index contributed by atoms with van der Waals surface area (Å²) in [5.41, 5.74) is 4.69. The first-order valence-electron chi connectivity index (χ1n) is 12.0. The van der Waals surface area contributed by atoms with Gasteiger partial charge in [-0.15, -0.1) is 0 Å². The highest BCUT2D eigenvalue weighted by atomic mass is 16.5. The van der Waals surface area contributed by atoms with Gasteiger partial charge in [-0.3, -0.25) is 0 Å². The summed E-state index contributed by atoms with van der Waals surface area (Å²) in [6.45, 7) is 0. The van der Waals surface area contributed by atoms with Gasteiger partial charge in [0.25, 0.3) is 0 Å². The van der Waals surface area contributed by atoms with Crippen molar-refractivity contribution in [3.63, 3.8) is 0 Å². The lowest BCUT2D eigenvalue weighted by Gasteiger charge is -2.37. The van der Waals surface area contributed by atoms with Gasteiger partial charge in [-0.25, -0.2) is 0 Å². The highest BCUT2D eigenvalue weighted by Gasteiger charge is 2.37. The van der Waals surface area contributed by atoms with Crippen LogP contribution < -0.4 is 14.2 Å². The molecule has 5 aromatic carbocycles. The van der Waals surface area contributed by atoms with Crippen molar-refractivity contribution in [2.75, 3.05) is 14.2 Å². The van der Waals surface area contributed by atoms with Crippen LogP contribution in [0.1, 0.15) is 16.7 Å². The molecule has 0 N–H and O–H groups in total. The minimum Gasteiger partial charge on any atom is -0.497 e. The van der Waals surface area contributed by atoms with E-state index in [1.54, 1.807) is 14.2 Å². The summed E-state index contributed by atoms with van der Waals surface area (Å²) >= 11 is 0. The Balaban J connectivity index is 1.60. The Morgan fingerprint density at radius 2 is 1.22 bits per heavy atom. The topological polar surface area (TPSA) is 27.7 Å². The molecule has 0 radical (unpaired) electrons. The van der Waals surface area contributed by atoms with Gasteiger partial charge in [0.15, 0.2) is 5.60 Å². The number of ether oxygens (including phenoxy) is 3. The summed E-state index contributed by atoms with van der Waals surface area (Å²) in [7, 11) is 3.38. The predicted octanol–water partition coefficient (Wildman–Crippen LogP) is 7.87. The van der Waals surface area contributed by atoms with E-state index >= 15 is 0 Å². The van der Waals surface area contributed by atoms with E-state index in [0.717, 1.165) is 55.8 Å². The Morgan fingerprint density at radius 1 is 0.611 bits per heavy atom. The molecule has 0 saturated heterocycles. The molecule has 0 unspecified atom stereocenters. The lowest BCUT2D eigenvalue weighted by atomic mass is 9.82. The highest BCUT2D eigenvalue weighted by molar-refractivity contribution is 6.03. The van der Waals surface area contributed by atoms with Crippen LogP contribution in [0.2, 0.25) is 0 Å². The van der Waals surface area contributed by atoms with Crippen molar-refractivity contribution in [3.8, 4) is 28.4 Å². The van der Waals surface area contributed by atoms with E-state index < -0.39 is 5.60 Å². The maximum absolute atomic E-state index is 7.07. The van der Waals surface area contributed by atoms with Crippen LogP contribution in [0.15, 0.2) is 115 Å². The Labute approximate surface area is 211 Å². The first-order valence-corrected chi connectivity index (χ1v) is 12.0. The first-order chi connectivity index (χ1) is 17.7. The molecule has 0 spiro atoms. The lowest BCUT2D eigenvalue weighted by Crippen LogP contribution is -2.34. The average Bonchev–Trinajstić information content (AvgIpc) is 2.97. The number of hydrogen-bond acceptors (Lipinski definition) is 3. The van der Waals surface area contributed by atoms with Gasteiger partial charge in [0.2, 0.25) is 0 Å². The Bertz CT molecular complexity index is 1510. The van der Waals surface area contributed by atoms with Gasteiger partial charge in [-0.1, -0.05) is 78.9 Å². The SMILES string of the molecule is COc1ccc(-c2cc3c(c4cc(OC)ccc24)OC(c2ccccc2)(c2ccccc2)C=C3)cc1. The molecule has 36 heavy (non-hydrogen) atoms.